The van der Waals surface area contributed by atoms with Gasteiger partial charge in [0.25, 0.3) is 0 Å². The molecule has 2 aromatic carbocycles. The molecule has 1 unspecified atom stereocenters. The van der Waals surface area contributed by atoms with Gasteiger partial charge in [-0.1, -0.05) is 29.8 Å². The summed E-state index contributed by atoms with van der Waals surface area (Å²) in [5.74, 6) is 0.199. The number of piperidine rings is 3. The highest BCUT2D eigenvalue weighted by Crippen LogP contribution is 2.56. The van der Waals surface area contributed by atoms with Crippen LogP contribution >= 0.6 is 0 Å². The molecule has 10 heteroatoms. The molecule has 4 aromatic rings. The van der Waals surface area contributed by atoms with Crippen LogP contribution in [0, 0.1) is 23.7 Å². The van der Waals surface area contributed by atoms with Gasteiger partial charge in [-0.15, -0.1) is 0 Å². The van der Waals surface area contributed by atoms with Crippen molar-refractivity contribution in [3.05, 3.63) is 76.1 Å². The molecule has 53 heavy (non-hydrogen) atoms. The second kappa shape index (κ2) is 12.7. The molecule has 10 nitrogen and oxygen atoms in total. The first-order valence-corrected chi connectivity index (χ1v) is 19.4. The predicted molar refractivity (Wildman–Crippen MR) is 203 cm³/mol. The molecular weight excluding hydrogens is 668 g/mol. The Bertz CT molecular complexity index is 2150. The molecule has 0 radical (unpaired) electrons. The number of aliphatic hydroxyl groups excluding tert-OH is 1. The summed E-state index contributed by atoms with van der Waals surface area (Å²) in [6.07, 6.45) is 5.47. The number of aromatic amines is 2. The third kappa shape index (κ3) is 4.94. The number of carbonyl (C=O) groups excluding carboxylic acids is 2. The van der Waals surface area contributed by atoms with Gasteiger partial charge in [-0.25, -0.2) is 0 Å². The summed E-state index contributed by atoms with van der Waals surface area (Å²) in [4.78, 5) is 40.5. The molecule has 0 amide bonds. The summed E-state index contributed by atoms with van der Waals surface area (Å²) in [5.41, 5.74) is 7.90. The van der Waals surface area contributed by atoms with Crippen LogP contribution in [0.5, 0.6) is 5.75 Å². The van der Waals surface area contributed by atoms with Gasteiger partial charge in [0.1, 0.15) is 11.2 Å². The van der Waals surface area contributed by atoms with Crippen molar-refractivity contribution < 1.29 is 28.9 Å². The van der Waals surface area contributed by atoms with Gasteiger partial charge in [0, 0.05) is 82.3 Å². The smallest absolute Gasteiger partial charge is 0.319 e. The van der Waals surface area contributed by atoms with Gasteiger partial charge in [0.15, 0.2) is 0 Å². The Morgan fingerprint density at radius 3 is 2.58 bits per heavy atom. The molecule has 2 aliphatic carbocycles. The number of ether oxygens (including phenoxy) is 3. The van der Waals surface area contributed by atoms with E-state index in [4.69, 9.17) is 14.2 Å². The van der Waals surface area contributed by atoms with E-state index in [1.165, 1.54) is 30.7 Å². The Morgan fingerprint density at radius 1 is 1.04 bits per heavy atom. The highest BCUT2D eigenvalue weighted by atomic mass is 16.5. The zero-order chi connectivity index (χ0) is 36.9. The third-order valence-corrected chi connectivity index (χ3v) is 14.2. The van der Waals surface area contributed by atoms with E-state index in [0.29, 0.717) is 25.2 Å². The SMILES string of the molecule is C/C=C1\CN(C)[C@H]2Cc3c([nH]c4ccccc34)[C@@H](c3cc4[nH]c5c(c4cc3OC)CCN3C[C@H]4C[C@@H]([C@@H](C)O)[C@@H]3[C@]5(C(=O)OC)C4)C[C@@H]1[C@H]2C(=O)OC. The van der Waals surface area contributed by atoms with Gasteiger partial charge in [-0.2, -0.15) is 0 Å². The number of fused-ring (bicyclic) bond motifs is 9. The summed E-state index contributed by atoms with van der Waals surface area (Å²) in [5, 5.41) is 13.3. The first-order valence-electron chi connectivity index (χ1n) is 19.4. The van der Waals surface area contributed by atoms with E-state index in [1.807, 2.05) is 6.92 Å². The lowest BCUT2D eigenvalue weighted by Crippen LogP contribution is -2.68. The number of likely N-dealkylation sites (N-methyl/N-ethyl adjacent to an activating group) is 1. The first-order chi connectivity index (χ1) is 25.6. The number of aliphatic hydroxyl groups is 1. The number of methoxy groups -OCH3 is 3. The number of nitrogens with one attached hydrogen (secondary N) is 2. The standard InChI is InChI=1S/C43H52N4O6/c1-7-24-21-46(3)35-17-32-25-10-8-9-11-33(25)44-38(32)31(15-28(24)37(35)41(49)52-5)30-16-34-29(18-36(30)51-4)26-12-13-47-20-23-14-27(22(2)48)40(47)43(19-23,39(26)45-34)42(50)53-6/h7-11,16,18,22-23,27-28,31,35,37,40,44-45,48H,12-15,17,19-21H2,1-6H3/b24-7+/t22-,23+,27+,28+,31-,35+,37-,40-,43+/m1/s1. The number of allylic oxidation sites excluding steroid dienone is 1. The minimum absolute atomic E-state index is 0.0103. The fraction of sp³-hybridized carbons (Fsp3) is 0.535. The van der Waals surface area contributed by atoms with Crippen LogP contribution in [-0.4, -0.2) is 103 Å². The number of benzene rings is 2. The normalized spacial score (nSPS) is 33.5. The lowest BCUT2D eigenvalue weighted by atomic mass is 9.56. The molecule has 0 spiro atoms. The van der Waals surface area contributed by atoms with Crippen molar-refractivity contribution in [1.29, 1.82) is 0 Å². The summed E-state index contributed by atoms with van der Waals surface area (Å²) in [6.45, 7) is 6.50. The fourth-order valence-corrected chi connectivity index (χ4v) is 12.0. The molecule has 3 N–H and O–H groups in total. The summed E-state index contributed by atoms with van der Waals surface area (Å²) in [6, 6.07) is 12.7. The molecule has 1 saturated carbocycles. The maximum absolute atomic E-state index is 14.2. The molecule has 10 atom stereocenters. The van der Waals surface area contributed by atoms with Gasteiger partial charge in [0.2, 0.25) is 0 Å². The summed E-state index contributed by atoms with van der Waals surface area (Å²) >= 11 is 0. The predicted octanol–water partition coefficient (Wildman–Crippen LogP) is 5.46. The van der Waals surface area contributed by atoms with Crippen LogP contribution in [0.2, 0.25) is 0 Å². The topological polar surface area (TPSA) is 120 Å². The van der Waals surface area contributed by atoms with Gasteiger partial charge >= 0.3 is 11.9 Å². The molecule has 6 aliphatic rings. The Kier molecular flexibility index (Phi) is 8.33. The van der Waals surface area contributed by atoms with Gasteiger partial charge in [-0.05, 0) is 94.2 Å². The number of esters is 2. The van der Waals surface area contributed by atoms with Crippen molar-refractivity contribution >= 4 is 33.7 Å². The zero-order valence-corrected chi connectivity index (χ0v) is 31.7. The first kappa shape index (κ1) is 34.6. The number of carbonyl (C=O) groups is 2. The summed E-state index contributed by atoms with van der Waals surface area (Å²) in [7, 11) is 6.87. The number of hydrogen-bond acceptors (Lipinski definition) is 8. The van der Waals surface area contributed by atoms with Crippen molar-refractivity contribution in [2.75, 3.05) is 48.0 Å². The van der Waals surface area contributed by atoms with E-state index in [-0.39, 0.29) is 47.7 Å². The van der Waals surface area contributed by atoms with E-state index < -0.39 is 11.5 Å². The highest BCUT2D eigenvalue weighted by Gasteiger charge is 2.64. The van der Waals surface area contributed by atoms with Crippen molar-refractivity contribution in [1.82, 2.24) is 19.8 Å². The average molecular weight is 721 g/mol. The average Bonchev–Trinajstić information content (AvgIpc) is 3.69. The lowest BCUT2D eigenvalue weighted by molar-refractivity contribution is -0.166. The van der Waals surface area contributed by atoms with Gasteiger partial charge in [0.05, 0.1) is 33.4 Å². The molecular formula is C43H52N4O6. The number of para-hydroxylation sites is 1. The Balaban J connectivity index is 1.26. The van der Waals surface area contributed by atoms with Crippen LogP contribution in [0.4, 0.5) is 0 Å². The van der Waals surface area contributed by atoms with E-state index in [9.17, 15) is 14.7 Å². The second-order valence-corrected chi connectivity index (χ2v) is 16.5. The van der Waals surface area contributed by atoms with E-state index in [0.717, 1.165) is 77.2 Å². The maximum Gasteiger partial charge on any atom is 0.319 e. The third-order valence-electron chi connectivity index (χ3n) is 14.2. The molecule has 4 fully saturated rings. The molecule has 6 bridgehead atoms. The monoisotopic (exact) mass is 720 g/mol. The molecule has 6 heterocycles. The van der Waals surface area contributed by atoms with Crippen molar-refractivity contribution in [3.63, 3.8) is 0 Å². The van der Waals surface area contributed by atoms with Crippen molar-refractivity contribution in [2.24, 2.45) is 23.7 Å². The Morgan fingerprint density at radius 2 is 1.85 bits per heavy atom. The van der Waals surface area contributed by atoms with Gasteiger partial charge < -0.3 is 29.3 Å². The molecule has 280 valence electrons. The largest absolute Gasteiger partial charge is 0.496 e. The van der Waals surface area contributed by atoms with Crippen molar-refractivity contribution in [2.45, 2.75) is 75.5 Å². The molecule has 4 aliphatic heterocycles. The lowest BCUT2D eigenvalue weighted by Gasteiger charge is -2.58. The number of rotatable bonds is 5. The number of aromatic nitrogens is 2. The Hall–Kier alpha value is -4.12. The molecule has 10 rings (SSSR count). The van der Waals surface area contributed by atoms with Crippen LogP contribution in [-0.2, 0) is 37.3 Å². The number of likely N-dealkylation sites (tertiary alicyclic amines) is 1. The summed E-state index contributed by atoms with van der Waals surface area (Å²) < 4.78 is 17.6. The van der Waals surface area contributed by atoms with Gasteiger partial charge in [-0.3, -0.25) is 19.4 Å². The van der Waals surface area contributed by atoms with Crippen LogP contribution in [0.25, 0.3) is 21.8 Å². The minimum Gasteiger partial charge on any atom is -0.496 e. The van der Waals surface area contributed by atoms with Crippen molar-refractivity contribution in [3.8, 4) is 5.75 Å². The maximum atomic E-state index is 14.2. The number of hydrogen-bond donors (Lipinski definition) is 3. The van der Waals surface area contributed by atoms with E-state index in [2.05, 4.69) is 76.2 Å². The van der Waals surface area contributed by atoms with Crippen LogP contribution in [0.3, 0.4) is 0 Å². The zero-order valence-electron chi connectivity index (χ0n) is 31.7. The molecule has 3 saturated heterocycles. The number of nitrogens with zero attached hydrogens (tertiary/aromatic N) is 2. The molecule has 2 aromatic heterocycles. The fourth-order valence-electron chi connectivity index (χ4n) is 12.0. The second-order valence-electron chi connectivity index (χ2n) is 16.5. The van der Waals surface area contributed by atoms with E-state index >= 15 is 0 Å². The van der Waals surface area contributed by atoms with Crippen LogP contribution < -0.4 is 4.74 Å². The van der Waals surface area contributed by atoms with Crippen LogP contribution in [0.1, 0.15) is 67.1 Å². The van der Waals surface area contributed by atoms with Crippen LogP contribution in [0.15, 0.2) is 48.0 Å². The number of H-pyrrole nitrogens is 2. The highest BCUT2D eigenvalue weighted by molar-refractivity contribution is 5.93. The Labute approximate surface area is 310 Å². The van der Waals surface area contributed by atoms with E-state index in [1.54, 1.807) is 7.11 Å². The minimum atomic E-state index is -0.905. The quantitative estimate of drug-likeness (QED) is 0.184.